The lowest BCUT2D eigenvalue weighted by Crippen LogP contribution is -2.50. The summed E-state index contributed by atoms with van der Waals surface area (Å²) in [5.41, 5.74) is -0.219. The highest BCUT2D eigenvalue weighted by Crippen LogP contribution is 2.38. The summed E-state index contributed by atoms with van der Waals surface area (Å²) < 4.78 is 50.0. The number of carbonyl (C=O) groups excluding carboxylic acids is 1. The molecule has 2 aromatic carbocycles. The molecule has 0 aliphatic carbocycles. The number of piperidine rings is 1. The fraction of sp³-hybridized carbons (Fsp3) is 0.412. The van der Waals surface area contributed by atoms with Gasteiger partial charge in [0.25, 0.3) is 5.56 Å². The number of hydrogen-bond donors (Lipinski definition) is 2. The van der Waals surface area contributed by atoms with Gasteiger partial charge in [-0.2, -0.15) is 13.2 Å². The molecule has 6 rings (SSSR count). The van der Waals surface area contributed by atoms with Gasteiger partial charge >= 0.3 is 12.3 Å². The zero-order valence-corrected chi connectivity index (χ0v) is 27.3. The van der Waals surface area contributed by atoms with E-state index in [4.69, 9.17) is 16.3 Å². The number of fused-ring (bicyclic) bond motifs is 1. The van der Waals surface area contributed by atoms with Crippen molar-refractivity contribution in [3.05, 3.63) is 93.6 Å². The van der Waals surface area contributed by atoms with E-state index in [1.165, 1.54) is 51.0 Å². The number of alkyl halides is 3. The molecule has 2 saturated heterocycles. The van der Waals surface area contributed by atoms with Crippen molar-refractivity contribution in [2.75, 3.05) is 26.2 Å². The van der Waals surface area contributed by atoms with Crippen molar-refractivity contribution in [3.8, 4) is 5.69 Å². The Morgan fingerprint density at radius 3 is 2.41 bits per heavy atom. The van der Waals surface area contributed by atoms with E-state index in [1.54, 1.807) is 34.9 Å². The molecule has 2 amide bonds. The van der Waals surface area contributed by atoms with Crippen molar-refractivity contribution in [3.63, 3.8) is 0 Å². The second-order valence-electron chi connectivity index (χ2n) is 12.7. The summed E-state index contributed by atoms with van der Waals surface area (Å²) in [5.74, 6) is -2.59. The number of rotatable bonds is 7. The van der Waals surface area contributed by atoms with Gasteiger partial charge < -0.3 is 19.8 Å². The van der Waals surface area contributed by atoms with Crippen molar-refractivity contribution in [1.29, 1.82) is 0 Å². The maximum Gasteiger partial charge on any atom is 0.407 e. The number of morpholine rings is 1. The average Bonchev–Trinajstić information content (AvgIpc) is 3.41. The predicted octanol–water partition coefficient (Wildman–Crippen LogP) is 5.37. The van der Waals surface area contributed by atoms with E-state index in [0.717, 1.165) is 5.56 Å². The minimum Gasteiger partial charge on any atom is -0.465 e. The summed E-state index contributed by atoms with van der Waals surface area (Å²) in [7, 11) is 0. The SMILES string of the molecule is C[C@H]1CN(C(=O)O)[C@H](c2ccc(-n3c(Cl)cc4c(=O)n(CC5(O)CCN(C(=O)C[C@H](c6ccccc6)C(F)(F)F)CC5)cnc43)cc2)CO1. The number of nitrogens with zero attached hydrogens (tertiary/aromatic N) is 5. The molecule has 0 saturated carbocycles. The normalized spacial score (nSPS) is 20.4. The first-order chi connectivity index (χ1) is 23.2. The lowest BCUT2D eigenvalue weighted by molar-refractivity contribution is -0.162. The molecule has 11 nitrogen and oxygen atoms in total. The number of aromatic nitrogens is 3. The molecule has 0 unspecified atom stereocenters. The Kier molecular flexibility index (Phi) is 9.48. The smallest absolute Gasteiger partial charge is 0.407 e. The number of amides is 2. The monoisotopic (exact) mass is 701 g/mol. The number of carboxylic acid groups (broad SMARTS) is 1. The first kappa shape index (κ1) is 34.5. The first-order valence-electron chi connectivity index (χ1n) is 15.8. The van der Waals surface area contributed by atoms with Crippen LogP contribution in [0.15, 0.2) is 71.8 Å². The van der Waals surface area contributed by atoms with Crippen LogP contribution in [0.5, 0.6) is 0 Å². The second kappa shape index (κ2) is 13.5. The number of likely N-dealkylation sites (tertiary alicyclic amines) is 1. The van der Waals surface area contributed by atoms with Crippen LogP contribution < -0.4 is 5.56 Å². The highest BCUT2D eigenvalue weighted by molar-refractivity contribution is 6.31. The largest absolute Gasteiger partial charge is 0.465 e. The van der Waals surface area contributed by atoms with Crippen LogP contribution in [0, 0.1) is 0 Å². The lowest BCUT2D eigenvalue weighted by atomic mass is 9.89. The molecule has 0 spiro atoms. The summed E-state index contributed by atoms with van der Waals surface area (Å²) in [4.78, 5) is 45.4. The Labute approximate surface area is 284 Å². The number of aliphatic hydroxyl groups is 1. The van der Waals surface area contributed by atoms with Crippen LogP contribution in [0.4, 0.5) is 18.0 Å². The van der Waals surface area contributed by atoms with Gasteiger partial charge in [-0.15, -0.1) is 0 Å². The molecule has 4 aromatic rings. The zero-order valence-electron chi connectivity index (χ0n) is 26.5. The van der Waals surface area contributed by atoms with Crippen LogP contribution in [0.3, 0.4) is 0 Å². The van der Waals surface area contributed by atoms with E-state index >= 15 is 0 Å². The quantitative estimate of drug-likeness (QED) is 0.265. The van der Waals surface area contributed by atoms with Crippen LogP contribution in [-0.4, -0.2) is 90.3 Å². The Bertz CT molecular complexity index is 1890. The molecule has 2 N–H and O–H groups in total. The molecule has 0 bridgehead atoms. The summed E-state index contributed by atoms with van der Waals surface area (Å²) >= 11 is 6.58. The molecule has 2 aliphatic heterocycles. The van der Waals surface area contributed by atoms with Crippen LogP contribution in [-0.2, 0) is 16.1 Å². The number of ether oxygens (including phenoxy) is 1. The standard InChI is InChI=1S/C34H35ClF3N5O6/c1-21-17-42(32(46)47)27(18-49-21)23-7-9-24(10-8-23)43-28(35)15-25-30(43)39-20-41(31(25)45)19-33(48)11-13-40(14-12-33)29(44)16-26(34(36,37)38)22-5-3-2-4-6-22/h2-10,15,20-21,26-27,48H,11-14,16-19H2,1H3,(H,46,47)/t21-,26+,27-/m0/s1. The van der Waals surface area contributed by atoms with Gasteiger partial charge in [0.05, 0.1) is 48.7 Å². The fourth-order valence-electron chi connectivity index (χ4n) is 6.64. The zero-order chi connectivity index (χ0) is 35.1. The van der Waals surface area contributed by atoms with Crippen molar-refractivity contribution in [2.45, 2.75) is 62.6 Å². The van der Waals surface area contributed by atoms with Gasteiger partial charge in [0.2, 0.25) is 5.91 Å². The molecule has 2 aliphatic rings. The van der Waals surface area contributed by atoms with E-state index in [9.17, 15) is 37.8 Å². The van der Waals surface area contributed by atoms with Crippen LogP contribution in [0.2, 0.25) is 5.15 Å². The van der Waals surface area contributed by atoms with Gasteiger partial charge in [-0.1, -0.05) is 54.1 Å². The van der Waals surface area contributed by atoms with E-state index in [0.29, 0.717) is 5.69 Å². The minimum atomic E-state index is -4.60. The van der Waals surface area contributed by atoms with Crippen molar-refractivity contribution >= 4 is 34.6 Å². The van der Waals surface area contributed by atoms with Gasteiger partial charge in [-0.25, -0.2) is 9.78 Å². The van der Waals surface area contributed by atoms with Gasteiger partial charge in [-0.3, -0.25) is 23.6 Å². The number of halogens is 4. The van der Waals surface area contributed by atoms with Gasteiger partial charge in [0.1, 0.15) is 11.5 Å². The minimum absolute atomic E-state index is 0.0152. The third-order valence-electron chi connectivity index (χ3n) is 9.38. The van der Waals surface area contributed by atoms with E-state index in [-0.39, 0.29) is 73.5 Å². The van der Waals surface area contributed by atoms with Gasteiger partial charge in [0, 0.05) is 25.2 Å². The molecule has 0 radical (unpaired) electrons. The number of benzene rings is 2. The lowest BCUT2D eigenvalue weighted by Gasteiger charge is -2.39. The average molecular weight is 702 g/mol. The highest BCUT2D eigenvalue weighted by atomic mass is 35.5. The summed E-state index contributed by atoms with van der Waals surface area (Å²) in [5, 5.41) is 21.5. The van der Waals surface area contributed by atoms with Crippen molar-refractivity contribution in [2.24, 2.45) is 0 Å². The summed E-state index contributed by atoms with van der Waals surface area (Å²) in [6.45, 7) is 2.21. The maximum atomic E-state index is 13.8. The van der Waals surface area contributed by atoms with Crippen LogP contribution >= 0.6 is 11.6 Å². The predicted molar refractivity (Wildman–Crippen MR) is 174 cm³/mol. The topological polar surface area (TPSA) is 130 Å². The van der Waals surface area contributed by atoms with E-state index in [1.807, 2.05) is 6.92 Å². The third-order valence-corrected chi connectivity index (χ3v) is 9.66. The summed E-state index contributed by atoms with van der Waals surface area (Å²) in [6.07, 6.45) is -5.16. The Morgan fingerprint density at radius 2 is 1.78 bits per heavy atom. The Balaban J connectivity index is 1.14. The highest BCUT2D eigenvalue weighted by Gasteiger charge is 2.43. The van der Waals surface area contributed by atoms with Crippen molar-refractivity contribution < 1.29 is 37.7 Å². The third kappa shape index (κ3) is 7.17. The Hall–Kier alpha value is -4.40. The molecule has 2 aromatic heterocycles. The Morgan fingerprint density at radius 1 is 1.10 bits per heavy atom. The molecular weight excluding hydrogens is 667 g/mol. The van der Waals surface area contributed by atoms with Gasteiger partial charge in [0.15, 0.2) is 5.65 Å². The van der Waals surface area contributed by atoms with Crippen LogP contribution in [0.25, 0.3) is 16.7 Å². The van der Waals surface area contributed by atoms with E-state index in [2.05, 4.69) is 4.98 Å². The van der Waals surface area contributed by atoms with Crippen molar-refractivity contribution in [1.82, 2.24) is 23.9 Å². The molecule has 3 atom stereocenters. The first-order valence-corrected chi connectivity index (χ1v) is 16.2. The molecule has 4 heterocycles. The second-order valence-corrected chi connectivity index (χ2v) is 13.1. The maximum absolute atomic E-state index is 13.8. The molecular formula is C34H35ClF3N5O6. The molecule has 260 valence electrons. The fourth-order valence-corrected chi connectivity index (χ4v) is 6.93. The number of carbonyl (C=O) groups is 2. The molecule has 15 heteroatoms. The van der Waals surface area contributed by atoms with Crippen LogP contribution in [0.1, 0.15) is 49.3 Å². The van der Waals surface area contributed by atoms with Gasteiger partial charge in [-0.05, 0) is 49.1 Å². The molecule has 2 fully saturated rings. The summed E-state index contributed by atoms with van der Waals surface area (Å²) in [6, 6.07) is 15.4. The number of hydrogen-bond acceptors (Lipinski definition) is 6. The van der Waals surface area contributed by atoms with E-state index < -0.39 is 47.7 Å². The molecule has 49 heavy (non-hydrogen) atoms.